The van der Waals surface area contributed by atoms with Crippen LogP contribution in [0.25, 0.3) is 6.08 Å². The molecule has 0 spiro atoms. The number of amides is 1. The van der Waals surface area contributed by atoms with Crippen LogP contribution in [-0.2, 0) is 15.3 Å². The highest BCUT2D eigenvalue weighted by molar-refractivity contribution is 8.00. The Hall–Kier alpha value is -4.48. The zero-order valence-corrected chi connectivity index (χ0v) is 23.6. The van der Waals surface area contributed by atoms with Crippen LogP contribution in [0.5, 0.6) is 11.5 Å². The van der Waals surface area contributed by atoms with Crippen molar-refractivity contribution in [2.24, 2.45) is 0 Å². The molecule has 0 saturated heterocycles. The van der Waals surface area contributed by atoms with Crippen molar-refractivity contribution < 1.29 is 28.6 Å². The van der Waals surface area contributed by atoms with Gasteiger partial charge < -0.3 is 14.6 Å². The molecule has 41 heavy (non-hydrogen) atoms. The van der Waals surface area contributed by atoms with Crippen molar-refractivity contribution >= 4 is 46.0 Å². The number of ether oxygens (including phenoxy) is 2. The maximum Gasteiger partial charge on any atom is 0.296 e. The first kappa shape index (κ1) is 28.1. The number of hydrogen-bond acceptors (Lipinski definition) is 9. The average molecular weight is 590 g/mol. The number of carbonyl (C=O) groups is 2. The molecule has 1 aromatic heterocycles. The third-order valence-corrected chi connectivity index (χ3v) is 8.44. The first-order valence-corrected chi connectivity index (χ1v) is 14.2. The van der Waals surface area contributed by atoms with Gasteiger partial charge in [0.05, 0.1) is 25.8 Å². The van der Waals surface area contributed by atoms with E-state index >= 15 is 0 Å². The smallest absolute Gasteiger partial charge is 0.296 e. The maximum absolute atomic E-state index is 14.1. The Morgan fingerprint density at radius 1 is 1.05 bits per heavy atom. The van der Waals surface area contributed by atoms with Crippen molar-refractivity contribution in [1.29, 1.82) is 0 Å². The van der Waals surface area contributed by atoms with E-state index in [2.05, 4.69) is 10.2 Å². The van der Waals surface area contributed by atoms with Gasteiger partial charge >= 0.3 is 0 Å². The van der Waals surface area contributed by atoms with Gasteiger partial charge in [-0.2, -0.15) is 0 Å². The summed E-state index contributed by atoms with van der Waals surface area (Å²) in [4.78, 5) is 28.2. The lowest BCUT2D eigenvalue weighted by Gasteiger charge is -2.24. The molecule has 0 radical (unpaired) electrons. The molecule has 2 heterocycles. The predicted molar refractivity (Wildman–Crippen MR) is 156 cm³/mol. The van der Waals surface area contributed by atoms with Crippen LogP contribution in [0, 0.1) is 5.82 Å². The maximum atomic E-state index is 14.1. The van der Waals surface area contributed by atoms with E-state index in [9.17, 15) is 19.1 Å². The number of hydrogen-bond donors (Lipinski definition) is 1. The fraction of sp³-hybridized carbons (Fsp3) is 0.133. The number of benzene rings is 3. The largest absolute Gasteiger partial charge is 0.503 e. The zero-order valence-electron chi connectivity index (χ0n) is 22.0. The Balaban J connectivity index is 1.51. The highest BCUT2D eigenvalue weighted by atomic mass is 32.2. The molecule has 11 heteroatoms. The number of nitrogens with zero attached hydrogens (tertiary/aromatic N) is 3. The predicted octanol–water partition coefficient (Wildman–Crippen LogP) is 6.17. The Morgan fingerprint density at radius 2 is 1.78 bits per heavy atom. The third kappa shape index (κ3) is 5.86. The number of anilines is 1. The summed E-state index contributed by atoms with van der Waals surface area (Å²) in [5.41, 5.74) is 1.68. The van der Waals surface area contributed by atoms with Crippen LogP contribution in [-0.4, -0.2) is 41.2 Å². The minimum atomic E-state index is -1.02. The molecule has 1 aliphatic rings. The van der Waals surface area contributed by atoms with Gasteiger partial charge in [0.25, 0.3) is 5.91 Å². The zero-order chi connectivity index (χ0) is 28.9. The molecule has 0 aliphatic carbocycles. The molecule has 1 unspecified atom stereocenters. The molecule has 1 N–H and O–H groups in total. The first-order chi connectivity index (χ1) is 19.9. The third-order valence-electron chi connectivity index (χ3n) is 6.33. The molecule has 208 valence electrons. The summed E-state index contributed by atoms with van der Waals surface area (Å²) < 4.78 is 25.4. The molecule has 5 rings (SSSR count). The number of thioether (sulfide) groups is 1. The molecule has 0 saturated carbocycles. The Morgan fingerprint density at radius 3 is 2.51 bits per heavy atom. The summed E-state index contributed by atoms with van der Waals surface area (Å²) in [7, 11) is 2.98. The van der Waals surface area contributed by atoms with E-state index in [1.165, 1.54) is 43.0 Å². The van der Waals surface area contributed by atoms with E-state index in [1.54, 1.807) is 42.5 Å². The van der Waals surface area contributed by atoms with Crippen LogP contribution in [0.15, 0.2) is 94.5 Å². The van der Waals surface area contributed by atoms with Crippen molar-refractivity contribution in [3.8, 4) is 11.5 Å². The topological polar surface area (TPSA) is 102 Å². The molecule has 1 aliphatic heterocycles. The van der Waals surface area contributed by atoms with Crippen LogP contribution in [0.2, 0.25) is 0 Å². The van der Waals surface area contributed by atoms with E-state index in [-0.39, 0.29) is 16.5 Å². The monoisotopic (exact) mass is 589 g/mol. The first-order valence-electron chi connectivity index (χ1n) is 12.4. The van der Waals surface area contributed by atoms with Gasteiger partial charge in [0.2, 0.25) is 5.13 Å². The van der Waals surface area contributed by atoms with E-state index < -0.39 is 23.5 Å². The fourth-order valence-corrected chi connectivity index (χ4v) is 6.19. The van der Waals surface area contributed by atoms with E-state index in [4.69, 9.17) is 9.47 Å². The van der Waals surface area contributed by atoms with Gasteiger partial charge in [-0.25, -0.2) is 4.39 Å². The number of halogens is 1. The van der Waals surface area contributed by atoms with Crippen LogP contribution in [0.3, 0.4) is 0 Å². The summed E-state index contributed by atoms with van der Waals surface area (Å²) in [6.45, 7) is 0. The van der Waals surface area contributed by atoms with Gasteiger partial charge in [0.15, 0.2) is 27.4 Å². The molecule has 0 bridgehead atoms. The molecule has 8 nitrogen and oxygen atoms in total. The number of carbonyl (C=O) groups excluding carboxylic acids is 2. The van der Waals surface area contributed by atoms with Crippen molar-refractivity contribution in [2.45, 2.75) is 16.1 Å². The lowest BCUT2D eigenvalue weighted by Crippen LogP contribution is -2.30. The number of ketones is 1. The quantitative estimate of drug-likeness (QED) is 0.133. The van der Waals surface area contributed by atoms with Gasteiger partial charge in [-0.1, -0.05) is 83.8 Å². The van der Waals surface area contributed by atoms with Gasteiger partial charge in [-0.05, 0) is 41.0 Å². The fourth-order valence-electron chi connectivity index (χ4n) is 4.33. The summed E-state index contributed by atoms with van der Waals surface area (Å²) in [6, 6.07) is 19.6. The van der Waals surface area contributed by atoms with E-state index in [1.807, 2.05) is 30.3 Å². The Labute approximate surface area is 243 Å². The Bertz CT molecular complexity index is 1650. The molecule has 1 atom stereocenters. The molecule has 3 aromatic carbocycles. The average Bonchev–Trinajstić information content (AvgIpc) is 3.57. The molecule has 4 aromatic rings. The van der Waals surface area contributed by atoms with Crippen molar-refractivity contribution in [1.82, 2.24) is 10.2 Å². The second-order valence-electron chi connectivity index (χ2n) is 8.79. The van der Waals surface area contributed by atoms with E-state index in [0.717, 1.165) is 16.9 Å². The van der Waals surface area contributed by atoms with Gasteiger partial charge in [0, 0.05) is 5.75 Å². The minimum absolute atomic E-state index is 0.106. The SMILES string of the molecule is COc1ccc(C2C(C(=O)/C=C/c3ccccc3)=C(O)C(=O)N2c2nnc(SCc3ccccc3F)s2)cc1OC. The standard InChI is InChI=1S/C30H24FN3O5S2/c1-38-23-15-13-19(16-24(23)39-2)26-25(22(35)14-12-18-8-4-3-5-9-18)27(36)28(37)34(26)29-32-33-30(41-29)40-17-20-10-6-7-11-21(20)31/h3-16,26,36H,17H2,1-2H3/b14-12+. The summed E-state index contributed by atoms with van der Waals surface area (Å²) in [5.74, 6) is -1.18. The van der Waals surface area contributed by atoms with Crippen molar-refractivity contribution in [3.63, 3.8) is 0 Å². The highest BCUT2D eigenvalue weighted by Crippen LogP contribution is 2.45. The summed E-state index contributed by atoms with van der Waals surface area (Å²) in [5, 5.41) is 19.5. The van der Waals surface area contributed by atoms with Crippen LogP contribution >= 0.6 is 23.1 Å². The molecule has 1 amide bonds. The van der Waals surface area contributed by atoms with Crippen molar-refractivity contribution in [3.05, 3.63) is 113 Å². The second kappa shape index (κ2) is 12.4. The normalized spacial score (nSPS) is 15.1. The van der Waals surface area contributed by atoms with Crippen molar-refractivity contribution in [2.75, 3.05) is 19.1 Å². The van der Waals surface area contributed by atoms with Crippen LogP contribution in [0.1, 0.15) is 22.7 Å². The second-order valence-corrected chi connectivity index (χ2v) is 11.0. The van der Waals surface area contributed by atoms with Gasteiger partial charge in [-0.15, -0.1) is 10.2 Å². The summed E-state index contributed by atoms with van der Waals surface area (Å²) in [6.07, 6.45) is 2.94. The number of methoxy groups -OCH3 is 2. The minimum Gasteiger partial charge on any atom is -0.503 e. The van der Waals surface area contributed by atoms with Crippen LogP contribution < -0.4 is 14.4 Å². The molecular formula is C30H24FN3O5S2. The number of aromatic nitrogens is 2. The lowest BCUT2D eigenvalue weighted by atomic mass is 9.95. The van der Waals surface area contributed by atoms with Crippen LogP contribution in [0.4, 0.5) is 9.52 Å². The van der Waals surface area contributed by atoms with Gasteiger partial charge in [-0.3, -0.25) is 14.5 Å². The Kier molecular flexibility index (Phi) is 8.46. The lowest BCUT2D eigenvalue weighted by molar-refractivity contribution is -0.117. The number of rotatable bonds is 10. The summed E-state index contributed by atoms with van der Waals surface area (Å²) >= 11 is 2.37. The van der Waals surface area contributed by atoms with E-state index in [0.29, 0.717) is 32.7 Å². The number of aliphatic hydroxyl groups excluding tert-OH is 1. The van der Waals surface area contributed by atoms with Gasteiger partial charge in [0.1, 0.15) is 5.82 Å². The number of allylic oxidation sites excluding steroid dienone is 1. The number of aliphatic hydroxyl groups is 1. The molecule has 0 fully saturated rings. The highest BCUT2D eigenvalue weighted by Gasteiger charge is 2.45. The molecular weight excluding hydrogens is 565 g/mol.